The molecule has 0 saturated carbocycles. The van der Waals surface area contributed by atoms with Gasteiger partial charge < -0.3 is 14.5 Å². The molecule has 1 N–H and O–H groups in total. The molecule has 4 rings (SSSR count). The zero-order valence-corrected chi connectivity index (χ0v) is 15.7. The smallest absolute Gasteiger partial charge is 0.237 e. The van der Waals surface area contributed by atoms with E-state index in [1.54, 1.807) is 18.7 Å². The molecule has 26 heavy (non-hydrogen) atoms. The van der Waals surface area contributed by atoms with E-state index in [2.05, 4.69) is 15.5 Å². The fraction of sp³-hybridized carbons (Fsp3) is 0.167. The summed E-state index contributed by atoms with van der Waals surface area (Å²) in [4.78, 5) is 12.6. The van der Waals surface area contributed by atoms with Gasteiger partial charge in [-0.15, -0.1) is 10.2 Å². The number of aromatic nitrogens is 2. The van der Waals surface area contributed by atoms with Crippen molar-refractivity contribution >= 4 is 56.6 Å². The summed E-state index contributed by atoms with van der Waals surface area (Å²) in [6, 6.07) is 11.5. The lowest BCUT2D eigenvalue weighted by Gasteiger charge is -2.13. The number of hydrogen-bond donors (Lipinski definition) is 1. The van der Waals surface area contributed by atoms with Crippen LogP contribution in [-0.2, 0) is 4.79 Å². The molecule has 132 valence electrons. The number of ether oxygens (including phenoxy) is 1. The zero-order valence-electron chi connectivity index (χ0n) is 14.1. The molecular weight excluding hydrogens is 370 g/mol. The average molecular weight is 385 g/mol. The van der Waals surface area contributed by atoms with E-state index >= 15 is 0 Å². The van der Waals surface area contributed by atoms with Crippen molar-refractivity contribution in [1.29, 1.82) is 0 Å². The van der Waals surface area contributed by atoms with Crippen LogP contribution in [0.5, 0.6) is 5.75 Å². The van der Waals surface area contributed by atoms with Crippen LogP contribution in [0.4, 0.5) is 5.69 Å². The van der Waals surface area contributed by atoms with Gasteiger partial charge in [0.05, 0.1) is 18.0 Å². The van der Waals surface area contributed by atoms with Crippen LogP contribution in [0.1, 0.15) is 6.92 Å². The van der Waals surface area contributed by atoms with Crippen molar-refractivity contribution in [1.82, 2.24) is 10.2 Å². The highest BCUT2D eigenvalue weighted by Gasteiger charge is 2.19. The van der Waals surface area contributed by atoms with Gasteiger partial charge >= 0.3 is 0 Å². The number of methoxy groups -OCH3 is 1. The van der Waals surface area contributed by atoms with Gasteiger partial charge in [-0.1, -0.05) is 41.3 Å². The van der Waals surface area contributed by atoms with Crippen molar-refractivity contribution < 1.29 is 13.9 Å². The van der Waals surface area contributed by atoms with Gasteiger partial charge in [-0.25, -0.2) is 0 Å². The highest BCUT2D eigenvalue weighted by atomic mass is 32.2. The predicted molar refractivity (Wildman–Crippen MR) is 104 cm³/mol. The molecule has 1 atom stereocenters. The van der Waals surface area contributed by atoms with E-state index < -0.39 is 0 Å². The fourth-order valence-corrected chi connectivity index (χ4v) is 4.30. The number of amides is 1. The third kappa shape index (κ3) is 3.13. The van der Waals surface area contributed by atoms with Crippen molar-refractivity contribution in [3.63, 3.8) is 0 Å². The number of fused-ring (bicyclic) bond motifs is 3. The largest absolute Gasteiger partial charge is 0.495 e. The summed E-state index contributed by atoms with van der Waals surface area (Å²) in [5.74, 6) is 0.449. The molecule has 0 bridgehead atoms. The molecule has 4 aromatic rings. The lowest BCUT2D eigenvalue weighted by atomic mass is 10.1. The molecule has 0 aliphatic rings. The summed E-state index contributed by atoms with van der Waals surface area (Å²) in [5, 5.41) is 12.3. The molecule has 2 aromatic carbocycles. The lowest BCUT2D eigenvalue weighted by Crippen LogP contribution is -2.22. The normalized spacial score (nSPS) is 12.4. The third-order valence-electron chi connectivity index (χ3n) is 3.94. The summed E-state index contributed by atoms with van der Waals surface area (Å²) in [7, 11) is 1.58. The van der Waals surface area contributed by atoms with Gasteiger partial charge in [0.15, 0.2) is 4.34 Å². The Hall–Kier alpha value is -2.58. The van der Waals surface area contributed by atoms with Gasteiger partial charge in [-0.2, -0.15) is 0 Å². The molecule has 0 fully saturated rings. The number of para-hydroxylation sites is 1. The molecule has 0 spiro atoms. The number of anilines is 1. The van der Waals surface area contributed by atoms with Crippen molar-refractivity contribution in [3.05, 3.63) is 41.9 Å². The number of carbonyl (C=O) groups is 1. The molecule has 8 heteroatoms. The van der Waals surface area contributed by atoms with E-state index in [1.165, 1.54) is 23.1 Å². The third-order valence-corrected chi connectivity index (χ3v) is 5.85. The van der Waals surface area contributed by atoms with Gasteiger partial charge in [0.2, 0.25) is 5.91 Å². The molecule has 6 nitrogen and oxygen atoms in total. The van der Waals surface area contributed by atoms with Crippen LogP contribution in [0.15, 0.2) is 50.7 Å². The van der Waals surface area contributed by atoms with E-state index in [0.717, 1.165) is 20.7 Å². The van der Waals surface area contributed by atoms with Crippen LogP contribution < -0.4 is 10.1 Å². The molecule has 0 saturated heterocycles. The number of nitrogens with one attached hydrogen (secondary N) is 1. The first-order valence-corrected chi connectivity index (χ1v) is 9.64. The minimum atomic E-state index is -0.320. The summed E-state index contributed by atoms with van der Waals surface area (Å²) < 4.78 is 12.1. The van der Waals surface area contributed by atoms with E-state index in [-0.39, 0.29) is 11.2 Å². The van der Waals surface area contributed by atoms with Gasteiger partial charge in [0.1, 0.15) is 22.4 Å². The first-order valence-electron chi connectivity index (χ1n) is 7.88. The number of thioether (sulfide) groups is 1. The highest BCUT2D eigenvalue weighted by Crippen LogP contribution is 2.36. The lowest BCUT2D eigenvalue weighted by molar-refractivity contribution is -0.115. The van der Waals surface area contributed by atoms with E-state index in [1.807, 2.05) is 37.3 Å². The van der Waals surface area contributed by atoms with E-state index in [0.29, 0.717) is 17.0 Å². The molecule has 2 aromatic heterocycles. The SMILES string of the molecule is COc1cc2c(cc1NC(=O)[C@H](C)Sc1nncs1)oc1ccccc12. The number of nitrogens with zero attached hydrogens (tertiary/aromatic N) is 2. The molecular formula is C18H15N3O3S2. The Morgan fingerprint density at radius 1 is 1.27 bits per heavy atom. The van der Waals surface area contributed by atoms with Gasteiger partial charge in [-0.05, 0) is 19.1 Å². The Kier molecular flexibility index (Phi) is 4.52. The average Bonchev–Trinajstić information content (AvgIpc) is 3.27. The Balaban J connectivity index is 1.64. The second-order valence-corrected chi connectivity index (χ2v) is 8.02. The summed E-state index contributed by atoms with van der Waals surface area (Å²) in [6.07, 6.45) is 0. The van der Waals surface area contributed by atoms with Crippen LogP contribution in [0, 0.1) is 0 Å². The predicted octanol–water partition coefficient (Wildman–Crippen LogP) is 4.57. The minimum Gasteiger partial charge on any atom is -0.495 e. The first-order chi connectivity index (χ1) is 12.7. The monoisotopic (exact) mass is 385 g/mol. The Morgan fingerprint density at radius 2 is 2.12 bits per heavy atom. The molecule has 0 unspecified atom stereocenters. The van der Waals surface area contributed by atoms with Crippen molar-refractivity contribution in [2.45, 2.75) is 16.5 Å². The second-order valence-electron chi connectivity index (χ2n) is 5.60. The van der Waals surface area contributed by atoms with Crippen molar-refractivity contribution in [2.24, 2.45) is 0 Å². The maximum atomic E-state index is 12.6. The van der Waals surface area contributed by atoms with Crippen molar-refractivity contribution in [2.75, 3.05) is 12.4 Å². The Morgan fingerprint density at radius 3 is 2.88 bits per heavy atom. The zero-order chi connectivity index (χ0) is 18.1. The first kappa shape index (κ1) is 16.9. The molecule has 0 radical (unpaired) electrons. The van der Waals surface area contributed by atoms with Crippen molar-refractivity contribution in [3.8, 4) is 5.75 Å². The molecule has 0 aliphatic carbocycles. The second kappa shape index (κ2) is 6.97. The number of rotatable bonds is 5. The summed E-state index contributed by atoms with van der Waals surface area (Å²) in [6.45, 7) is 1.83. The maximum absolute atomic E-state index is 12.6. The summed E-state index contributed by atoms with van der Waals surface area (Å²) in [5.41, 5.74) is 3.72. The van der Waals surface area contributed by atoms with Crippen LogP contribution in [0.3, 0.4) is 0 Å². The quantitative estimate of drug-likeness (QED) is 0.507. The van der Waals surface area contributed by atoms with Crippen LogP contribution in [-0.4, -0.2) is 28.5 Å². The van der Waals surface area contributed by atoms with E-state index in [9.17, 15) is 4.79 Å². The number of furan rings is 1. The molecule has 1 amide bonds. The summed E-state index contributed by atoms with van der Waals surface area (Å²) >= 11 is 2.78. The van der Waals surface area contributed by atoms with Crippen LogP contribution in [0.2, 0.25) is 0 Å². The minimum absolute atomic E-state index is 0.140. The van der Waals surface area contributed by atoms with Crippen LogP contribution >= 0.6 is 23.1 Å². The van der Waals surface area contributed by atoms with E-state index in [4.69, 9.17) is 9.15 Å². The number of benzene rings is 2. The van der Waals surface area contributed by atoms with Gasteiger partial charge in [0, 0.05) is 16.8 Å². The standard InChI is InChI=1S/C18H15N3O3S2/c1-10(26-18-21-19-9-25-18)17(22)20-13-8-15-12(7-16(13)23-2)11-5-3-4-6-14(11)24-15/h3-10H,1-2H3,(H,20,22)/t10-/m0/s1. The van der Waals surface area contributed by atoms with Crippen LogP contribution in [0.25, 0.3) is 21.9 Å². The topological polar surface area (TPSA) is 77.2 Å². The maximum Gasteiger partial charge on any atom is 0.237 e. The fourth-order valence-electron chi connectivity index (χ4n) is 2.67. The Labute approximate surface area is 157 Å². The highest BCUT2D eigenvalue weighted by molar-refractivity contribution is 8.02. The number of hydrogen-bond acceptors (Lipinski definition) is 7. The molecule has 0 aliphatic heterocycles. The van der Waals surface area contributed by atoms with Gasteiger partial charge in [0.25, 0.3) is 0 Å². The Bertz CT molecular complexity index is 1080. The van der Waals surface area contributed by atoms with Gasteiger partial charge in [-0.3, -0.25) is 4.79 Å². The molecule has 2 heterocycles. The number of carbonyl (C=O) groups excluding carboxylic acids is 1.